The second-order valence-electron chi connectivity index (χ2n) is 10.5. The quantitative estimate of drug-likeness (QED) is 0.538. The molecule has 7 heteroatoms. The van der Waals surface area contributed by atoms with Gasteiger partial charge in [0.1, 0.15) is 17.2 Å². The van der Waals surface area contributed by atoms with Crippen LogP contribution in [0.1, 0.15) is 80.9 Å². The molecule has 1 atom stereocenters. The second-order valence-corrected chi connectivity index (χ2v) is 11.0. The van der Waals surface area contributed by atoms with E-state index in [4.69, 9.17) is 16.6 Å². The average molecular weight is 485 g/mol. The molecule has 5 nitrogen and oxygen atoms in total. The summed E-state index contributed by atoms with van der Waals surface area (Å²) in [5.74, 6) is -1.25. The zero-order valence-corrected chi connectivity index (χ0v) is 20.7. The van der Waals surface area contributed by atoms with Crippen molar-refractivity contribution in [1.82, 2.24) is 4.90 Å². The number of amides is 1. The van der Waals surface area contributed by atoms with Gasteiger partial charge in [0.15, 0.2) is 0 Å². The molecule has 1 aliphatic carbocycles. The third kappa shape index (κ3) is 4.48. The summed E-state index contributed by atoms with van der Waals surface area (Å²) < 4.78 is 14.1. The van der Waals surface area contributed by atoms with Gasteiger partial charge in [-0.15, -0.1) is 0 Å². The van der Waals surface area contributed by atoms with Gasteiger partial charge in [0.05, 0.1) is 11.6 Å². The van der Waals surface area contributed by atoms with E-state index in [1.54, 1.807) is 30.3 Å². The molecule has 180 valence electrons. The highest BCUT2D eigenvalue weighted by atomic mass is 35.5. The second kappa shape index (κ2) is 8.81. The summed E-state index contributed by atoms with van der Waals surface area (Å²) in [6.07, 6.45) is 3.28. The summed E-state index contributed by atoms with van der Waals surface area (Å²) in [6, 6.07) is 10.3. The van der Waals surface area contributed by atoms with E-state index in [9.17, 15) is 19.1 Å². The molecule has 1 heterocycles. The van der Waals surface area contributed by atoms with E-state index in [0.29, 0.717) is 24.3 Å². The molecule has 1 unspecified atom stereocenters. The normalized spacial score (nSPS) is 23.8. The lowest BCUT2D eigenvalue weighted by molar-refractivity contribution is -0.132. The average Bonchev–Trinajstić information content (AvgIpc) is 3.04. The molecule has 1 saturated carbocycles. The SMILES string of the molecule is CC(c1ccc(C(=O)O)cc1)N1C(=O)C(c2cc(F)cc(Cl)c2)=NC12CCC(C(C)(C)C)CC2. The Kier molecular flexibility index (Phi) is 6.32. The molecule has 34 heavy (non-hydrogen) atoms. The lowest BCUT2D eigenvalue weighted by Gasteiger charge is -2.46. The molecule has 1 fully saturated rings. The van der Waals surface area contributed by atoms with Gasteiger partial charge in [0.2, 0.25) is 0 Å². The van der Waals surface area contributed by atoms with Gasteiger partial charge in [-0.3, -0.25) is 9.79 Å². The summed E-state index contributed by atoms with van der Waals surface area (Å²) >= 11 is 6.09. The van der Waals surface area contributed by atoms with Gasteiger partial charge in [-0.05, 0) is 79.8 Å². The highest BCUT2D eigenvalue weighted by Gasteiger charge is 2.52. The topological polar surface area (TPSA) is 70.0 Å². The van der Waals surface area contributed by atoms with Gasteiger partial charge in [-0.25, -0.2) is 9.18 Å². The minimum atomic E-state index is -0.998. The number of hydrogen-bond acceptors (Lipinski definition) is 3. The first-order valence-electron chi connectivity index (χ1n) is 11.6. The first kappa shape index (κ1) is 24.4. The Morgan fingerprint density at radius 3 is 2.32 bits per heavy atom. The number of carbonyl (C=O) groups is 2. The van der Waals surface area contributed by atoms with Crippen molar-refractivity contribution < 1.29 is 19.1 Å². The summed E-state index contributed by atoms with van der Waals surface area (Å²) in [6.45, 7) is 8.65. The van der Waals surface area contributed by atoms with Crippen molar-refractivity contribution in [3.8, 4) is 0 Å². The third-order valence-corrected chi connectivity index (χ3v) is 7.58. The van der Waals surface area contributed by atoms with Gasteiger partial charge < -0.3 is 10.0 Å². The number of halogens is 2. The highest BCUT2D eigenvalue weighted by molar-refractivity contribution is 6.47. The molecule has 1 aliphatic heterocycles. The van der Waals surface area contributed by atoms with Gasteiger partial charge in [0, 0.05) is 10.6 Å². The minimum absolute atomic E-state index is 0.163. The Balaban J connectivity index is 1.74. The van der Waals surface area contributed by atoms with Crippen LogP contribution in [-0.4, -0.2) is 33.3 Å². The fourth-order valence-corrected chi connectivity index (χ4v) is 5.60. The fourth-order valence-electron chi connectivity index (χ4n) is 5.38. The van der Waals surface area contributed by atoms with E-state index in [-0.39, 0.29) is 33.7 Å². The number of aliphatic imine (C=N–C) groups is 1. The molecule has 0 bridgehead atoms. The van der Waals surface area contributed by atoms with Crippen LogP contribution in [-0.2, 0) is 4.79 Å². The van der Waals surface area contributed by atoms with Crippen LogP contribution in [0, 0.1) is 17.2 Å². The smallest absolute Gasteiger partial charge is 0.335 e. The first-order valence-corrected chi connectivity index (χ1v) is 12.0. The highest BCUT2D eigenvalue weighted by Crippen LogP contribution is 2.49. The van der Waals surface area contributed by atoms with Gasteiger partial charge in [-0.1, -0.05) is 44.5 Å². The van der Waals surface area contributed by atoms with Crippen molar-refractivity contribution >= 4 is 29.2 Å². The number of carbonyl (C=O) groups excluding carboxylic acids is 1. The number of nitrogens with zero attached hydrogens (tertiary/aromatic N) is 2. The molecule has 1 N–H and O–H groups in total. The van der Waals surface area contributed by atoms with Crippen LogP contribution in [0.25, 0.3) is 0 Å². The van der Waals surface area contributed by atoms with Crippen molar-refractivity contribution in [3.05, 3.63) is 70.0 Å². The molecular formula is C27H30ClFN2O3. The third-order valence-electron chi connectivity index (χ3n) is 7.36. The van der Waals surface area contributed by atoms with E-state index in [1.807, 2.05) is 11.8 Å². The summed E-state index contributed by atoms with van der Waals surface area (Å²) in [7, 11) is 0. The zero-order chi connectivity index (χ0) is 24.8. The number of aromatic carboxylic acids is 1. The molecule has 1 spiro atoms. The Bertz CT molecular complexity index is 1130. The van der Waals surface area contributed by atoms with Crippen LogP contribution in [0.5, 0.6) is 0 Å². The van der Waals surface area contributed by atoms with Crippen LogP contribution >= 0.6 is 11.6 Å². The number of rotatable bonds is 4. The molecule has 2 aromatic rings. The molecule has 2 aromatic carbocycles. The van der Waals surface area contributed by atoms with Crippen LogP contribution in [0.3, 0.4) is 0 Å². The summed E-state index contributed by atoms with van der Waals surface area (Å²) in [5, 5.41) is 9.45. The Morgan fingerprint density at radius 2 is 1.79 bits per heavy atom. The number of hydrogen-bond donors (Lipinski definition) is 1. The maximum absolute atomic E-state index is 14.1. The van der Waals surface area contributed by atoms with Crippen LogP contribution in [0.4, 0.5) is 4.39 Å². The predicted octanol–water partition coefficient (Wildman–Crippen LogP) is 6.50. The Hall–Kier alpha value is -2.73. The van der Waals surface area contributed by atoms with E-state index >= 15 is 0 Å². The minimum Gasteiger partial charge on any atom is -0.478 e. The van der Waals surface area contributed by atoms with Crippen molar-refractivity contribution in [1.29, 1.82) is 0 Å². The van der Waals surface area contributed by atoms with Crippen LogP contribution in [0.15, 0.2) is 47.5 Å². The molecule has 2 aliphatic rings. The first-order chi connectivity index (χ1) is 15.9. The molecule has 1 amide bonds. The van der Waals surface area contributed by atoms with Crippen LogP contribution in [0.2, 0.25) is 5.02 Å². The largest absolute Gasteiger partial charge is 0.478 e. The number of benzene rings is 2. The van der Waals surface area contributed by atoms with Crippen molar-refractivity contribution in [3.63, 3.8) is 0 Å². The molecule has 4 rings (SSSR count). The summed E-state index contributed by atoms with van der Waals surface area (Å²) in [4.78, 5) is 31.9. The van der Waals surface area contributed by atoms with Crippen LogP contribution < -0.4 is 0 Å². The lowest BCUT2D eigenvalue weighted by atomic mass is 9.69. The zero-order valence-electron chi connectivity index (χ0n) is 19.9. The predicted molar refractivity (Wildman–Crippen MR) is 131 cm³/mol. The maximum Gasteiger partial charge on any atom is 0.335 e. The van der Waals surface area contributed by atoms with Crippen molar-refractivity contribution in [2.24, 2.45) is 16.3 Å². The molecule has 0 radical (unpaired) electrons. The number of carboxylic acid groups (broad SMARTS) is 1. The summed E-state index contributed by atoms with van der Waals surface area (Å²) in [5.41, 5.74) is 1.06. The number of carboxylic acids is 1. The molecule has 0 aromatic heterocycles. The van der Waals surface area contributed by atoms with E-state index in [0.717, 1.165) is 18.4 Å². The van der Waals surface area contributed by atoms with Crippen molar-refractivity contribution in [2.75, 3.05) is 0 Å². The van der Waals surface area contributed by atoms with E-state index in [1.165, 1.54) is 12.1 Å². The molecule has 0 saturated heterocycles. The Morgan fingerprint density at radius 1 is 1.18 bits per heavy atom. The van der Waals surface area contributed by atoms with Gasteiger partial charge >= 0.3 is 5.97 Å². The van der Waals surface area contributed by atoms with Crippen molar-refractivity contribution in [2.45, 2.75) is 65.1 Å². The lowest BCUT2D eigenvalue weighted by Crippen LogP contribution is -2.50. The maximum atomic E-state index is 14.1. The van der Waals surface area contributed by atoms with E-state index < -0.39 is 17.4 Å². The van der Waals surface area contributed by atoms with Gasteiger partial charge in [-0.2, -0.15) is 0 Å². The monoisotopic (exact) mass is 484 g/mol. The van der Waals surface area contributed by atoms with Gasteiger partial charge in [0.25, 0.3) is 5.91 Å². The van der Waals surface area contributed by atoms with E-state index in [2.05, 4.69) is 20.8 Å². The fraction of sp³-hybridized carbons (Fsp3) is 0.444. The molecular weight excluding hydrogens is 455 g/mol. The standard InChI is InChI=1S/C27H30ClFN2O3/c1-16(17-5-7-18(8-6-17)25(33)34)31-24(32)23(19-13-21(28)15-22(29)14-19)30-27(31)11-9-20(10-12-27)26(2,3)4/h5-8,13-16,20H,9-12H2,1-4H3,(H,33,34). The Labute approximate surface area is 204 Å².